The lowest BCUT2D eigenvalue weighted by Crippen LogP contribution is -2.18. The molecule has 0 amide bonds. The Kier molecular flexibility index (Phi) is 6.70. The van der Waals surface area contributed by atoms with Crippen LogP contribution in [-0.4, -0.2) is 12.9 Å². The van der Waals surface area contributed by atoms with E-state index in [2.05, 4.69) is 17.0 Å². The van der Waals surface area contributed by atoms with Crippen LogP contribution in [0.25, 0.3) is 0 Å². The number of nitrogens with one attached hydrogen (secondary N) is 1. The Morgan fingerprint density at radius 1 is 1.16 bits per heavy atom. The van der Waals surface area contributed by atoms with Gasteiger partial charge in [0.05, 0.1) is 0 Å². The number of hydrogen-bond donors (Lipinski definition) is 1. The highest BCUT2D eigenvalue weighted by atomic mass is 19.4. The summed E-state index contributed by atoms with van der Waals surface area (Å²) < 4.78 is 40.1. The first kappa shape index (κ1) is 15.8. The van der Waals surface area contributed by atoms with Gasteiger partial charge in [-0.05, 0) is 30.7 Å². The molecule has 0 fully saturated rings. The van der Waals surface area contributed by atoms with Crippen LogP contribution in [0.1, 0.15) is 38.2 Å². The van der Waals surface area contributed by atoms with Crippen molar-refractivity contribution < 1.29 is 17.9 Å². The van der Waals surface area contributed by atoms with Gasteiger partial charge in [0.25, 0.3) is 0 Å². The third-order valence-corrected chi connectivity index (χ3v) is 2.67. The van der Waals surface area contributed by atoms with Crippen LogP contribution in [0.3, 0.4) is 0 Å². The van der Waals surface area contributed by atoms with Gasteiger partial charge in [-0.1, -0.05) is 38.3 Å². The quantitative estimate of drug-likeness (QED) is 0.716. The van der Waals surface area contributed by atoms with Gasteiger partial charge in [0, 0.05) is 6.54 Å². The third kappa shape index (κ3) is 7.72. The molecule has 0 aliphatic heterocycles. The molecule has 1 aromatic carbocycles. The van der Waals surface area contributed by atoms with Crippen LogP contribution in [0.5, 0.6) is 5.75 Å². The second-order valence-electron chi connectivity index (χ2n) is 4.43. The van der Waals surface area contributed by atoms with Crippen molar-refractivity contribution in [1.82, 2.24) is 5.32 Å². The number of alkyl halides is 3. The first-order valence-electron chi connectivity index (χ1n) is 6.56. The molecule has 0 radical (unpaired) electrons. The molecule has 0 aromatic heterocycles. The average molecular weight is 275 g/mol. The Labute approximate surface area is 112 Å². The summed E-state index contributed by atoms with van der Waals surface area (Å²) >= 11 is 0. The minimum absolute atomic E-state index is 0.169. The Hall–Kier alpha value is -1.23. The maximum atomic E-state index is 12.1. The number of hydrogen-bond acceptors (Lipinski definition) is 2. The maximum Gasteiger partial charge on any atom is 0.573 e. The molecule has 0 unspecified atom stereocenters. The van der Waals surface area contributed by atoms with Crippen LogP contribution in [-0.2, 0) is 6.54 Å². The molecule has 1 aromatic rings. The number of benzene rings is 1. The van der Waals surface area contributed by atoms with Crippen LogP contribution in [0.4, 0.5) is 13.2 Å². The van der Waals surface area contributed by atoms with Gasteiger partial charge in [-0.25, -0.2) is 0 Å². The van der Waals surface area contributed by atoms with E-state index in [1.54, 1.807) is 12.1 Å². The molecule has 2 nitrogen and oxygen atoms in total. The van der Waals surface area contributed by atoms with Gasteiger partial charge in [-0.2, -0.15) is 0 Å². The minimum atomic E-state index is -4.63. The van der Waals surface area contributed by atoms with E-state index in [0.29, 0.717) is 6.54 Å². The molecule has 19 heavy (non-hydrogen) atoms. The van der Waals surface area contributed by atoms with E-state index in [9.17, 15) is 13.2 Å². The molecule has 0 saturated carbocycles. The zero-order valence-electron chi connectivity index (χ0n) is 11.1. The monoisotopic (exact) mass is 275 g/mol. The van der Waals surface area contributed by atoms with E-state index >= 15 is 0 Å². The largest absolute Gasteiger partial charge is 0.573 e. The van der Waals surface area contributed by atoms with E-state index in [0.717, 1.165) is 18.5 Å². The lowest BCUT2D eigenvalue weighted by Gasteiger charge is -2.10. The Bertz CT molecular complexity index is 366. The molecular formula is C14H20F3NO. The van der Waals surface area contributed by atoms with Crippen molar-refractivity contribution in [2.24, 2.45) is 0 Å². The number of unbranched alkanes of at least 4 members (excludes halogenated alkanes) is 3. The summed E-state index contributed by atoms with van der Waals surface area (Å²) in [5, 5.41) is 3.21. The van der Waals surface area contributed by atoms with Crippen molar-refractivity contribution in [3.63, 3.8) is 0 Å². The summed E-state index contributed by atoms with van der Waals surface area (Å²) in [7, 11) is 0. The third-order valence-electron chi connectivity index (χ3n) is 2.67. The smallest absolute Gasteiger partial charge is 0.406 e. The highest BCUT2D eigenvalue weighted by molar-refractivity contribution is 5.28. The van der Waals surface area contributed by atoms with E-state index in [4.69, 9.17) is 0 Å². The van der Waals surface area contributed by atoms with Gasteiger partial charge in [-0.3, -0.25) is 0 Å². The second kappa shape index (κ2) is 8.04. The summed E-state index contributed by atoms with van der Waals surface area (Å²) in [5.74, 6) is -0.169. The molecule has 0 bridgehead atoms. The van der Waals surface area contributed by atoms with E-state index in [1.807, 2.05) is 0 Å². The zero-order valence-corrected chi connectivity index (χ0v) is 11.1. The molecular weight excluding hydrogens is 255 g/mol. The summed E-state index contributed by atoms with van der Waals surface area (Å²) in [6, 6.07) is 6.06. The SMILES string of the molecule is CCCCCCNCc1cccc(OC(F)(F)F)c1. The number of ether oxygens (including phenoxy) is 1. The molecule has 0 aliphatic carbocycles. The van der Waals surface area contributed by atoms with Gasteiger partial charge in [0.1, 0.15) is 5.75 Å². The van der Waals surface area contributed by atoms with Crippen molar-refractivity contribution >= 4 is 0 Å². The van der Waals surface area contributed by atoms with Crippen LogP contribution in [0, 0.1) is 0 Å². The molecule has 0 aliphatic rings. The predicted molar refractivity (Wildman–Crippen MR) is 69.0 cm³/mol. The maximum absolute atomic E-state index is 12.1. The standard InChI is InChI=1S/C14H20F3NO/c1-2-3-4-5-9-18-11-12-7-6-8-13(10-12)19-14(15,16)17/h6-8,10,18H,2-5,9,11H2,1H3. The first-order chi connectivity index (χ1) is 9.01. The van der Waals surface area contributed by atoms with Crippen molar-refractivity contribution in [3.05, 3.63) is 29.8 Å². The average Bonchev–Trinajstić information content (AvgIpc) is 2.32. The van der Waals surface area contributed by atoms with Crippen molar-refractivity contribution in [3.8, 4) is 5.75 Å². The topological polar surface area (TPSA) is 21.3 Å². The summed E-state index contributed by atoms with van der Waals surface area (Å²) in [5.41, 5.74) is 0.789. The fourth-order valence-electron chi connectivity index (χ4n) is 1.76. The molecule has 0 saturated heterocycles. The second-order valence-corrected chi connectivity index (χ2v) is 4.43. The van der Waals surface area contributed by atoms with E-state index < -0.39 is 6.36 Å². The minimum Gasteiger partial charge on any atom is -0.406 e. The Balaban J connectivity index is 2.32. The molecule has 1 N–H and O–H groups in total. The molecule has 0 spiro atoms. The van der Waals surface area contributed by atoms with Crippen LogP contribution in [0.2, 0.25) is 0 Å². The highest BCUT2D eigenvalue weighted by Gasteiger charge is 2.31. The fraction of sp³-hybridized carbons (Fsp3) is 0.571. The zero-order chi connectivity index (χ0) is 14.1. The van der Waals surface area contributed by atoms with Gasteiger partial charge in [0.2, 0.25) is 0 Å². The molecule has 108 valence electrons. The van der Waals surface area contributed by atoms with Crippen LogP contribution >= 0.6 is 0 Å². The first-order valence-corrected chi connectivity index (χ1v) is 6.56. The number of halogens is 3. The Morgan fingerprint density at radius 2 is 1.95 bits per heavy atom. The van der Waals surface area contributed by atoms with E-state index in [1.165, 1.54) is 31.4 Å². The van der Waals surface area contributed by atoms with Gasteiger partial charge < -0.3 is 10.1 Å². The lowest BCUT2D eigenvalue weighted by molar-refractivity contribution is -0.274. The van der Waals surface area contributed by atoms with Gasteiger partial charge >= 0.3 is 6.36 Å². The van der Waals surface area contributed by atoms with Crippen LogP contribution < -0.4 is 10.1 Å². The predicted octanol–water partition coefficient (Wildman–Crippen LogP) is 4.26. The molecule has 0 heterocycles. The fourth-order valence-corrected chi connectivity index (χ4v) is 1.76. The number of rotatable bonds is 8. The summed E-state index contributed by atoms with van der Waals surface area (Å²) in [6.07, 6.45) is 0.0485. The van der Waals surface area contributed by atoms with Gasteiger partial charge in [0.15, 0.2) is 0 Å². The van der Waals surface area contributed by atoms with E-state index in [-0.39, 0.29) is 5.75 Å². The van der Waals surface area contributed by atoms with Crippen molar-refractivity contribution in [1.29, 1.82) is 0 Å². The molecule has 0 atom stereocenters. The molecule has 5 heteroatoms. The van der Waals surface area contributed by atoms with Crippen molar-refractivity contribution in [2.75, 3.05) is 6.54 Å². The van der Waals surface area contributed by atoms with Crippen LogP contribution in [0.15, 0.2) is 24.3 Å². The Morgan fingerprint density at radius 3 is 2.63 bits per heavy atom. The summed E-state index contributed by atoms with van der Waals surface area (Å²) in [6.45, 7) is 3.59. The van der Waals surface area contributed by atoms with Crippen molar-refractivity contribution in [2.45, 2.75) is 45.5 Å². The lowest BCUT2D eigenvalue weighted by atomic mass is 10.2. The van der Waals surface area contributed by atoms with Gasteiger partial charge in [-0.15, -0.1) is 13.2 Å². The normalized spacial score (nSPS) is 11.6. The summed E-state index contributed by atoms with van der Waals surface area (Å²) in [4.78, 5) is 0. The highest BCUT2D eigenvalue weighted by Crippen LogP contribution is 2.23. The molecule has 1 rings (SSSR count).